The Bertz CT molecular complexity index is 558. The van der Waals surface area contributed by atoms with Gasteiger partial charge < -0.3 is 15.3 Å². The third-order valence-corrected chi connectivity index (χ3v) is 4.10. The third-order valence-electron chi connectivity index (χ3n) is 4.10. The highest BCUT2D eigenvalue weighted by Crippen LogP contribution is 2.37. The van der Waals surface area contributed by atoms with E-state index in [1.807, 2.05) is 0 Å². The third kappa shape index (κ3) is 1.98. The summed E-state index contributed by atoms with van der Waals surface area (Å²) < 4.78 is 0. The standard InChI is InChI=1S/C15H18N2O3/c18-13-8-2-1-5-9-17-14(19)11-6-3-4-7-12(11)15(17,20)10-16-13/h3-4,6-7,20H,1-2,5,8-10H2,(H,16,18). The molecule has 1 unspecified atom stereocenters. The van der Waals surface area contributed by atoms with Crippen LogP contribution in [0.2, 0.25) is 0 Å². The summed E-state index contributed by atoms with van der Waals surface area (Å²) in [6.45, 7) is 0.564. The zero-order chi connectivity index (χ0) is 14.2. The van der Waals surface area contributed by atoms with Crippen molar-refractivity contribution in [2.75, 3.05) is 13.1 Å². The van der Waals surface area contributed by atoms with E-state index in [-0.39, 0.29) is 18.4 Å². The van der Waals surface area contributed by atoms with Crippen LogP contribution >= 0.6 is 0 Å². The average molecular weight is 274 g/mol. The van der Waals surface area contributed by atoms with Gasteiger partial charge in [0.1, 0.15) is 0 Å². The Morgan fingerprint density at radius 2 is 1.95 bits per heavy atom. The summed E-state index contributed by atoms with van der Waals surface area (Å²) in [5.41, 5.74) is -0.296. The van der Waals surface area contributed by atoms with Gasteiger partial charge in [0.25, 0.3) is 5.91 Å². The van der Waals surface area contributed by atoms with E-state index in [4.69, 9.17) is 0 Å². The predicted molar refractivity (Wildman–Crippen MR) is 72.9 cm³/mol. The van der Waals surface area contributed by atoms with Crippen LogP contribution in [0.15, 0.2) is 24.3 Å². The summed E-state index contributed by atoms with van der Waals surface area (Å²) in [4.78, 5) is 25.6. The normalized spacial score (nSPS) is 26.8. The molecule has 0 radical (unpaired) electrons. The van der Waals surface area contributed by atoms with Crippen LogP contribution in [0.5, 0.6) is 0 Å². The first-order chi connectivity index (χ1) is 9.63. The molecule has 0 bridgehead atoms. The monoisotopic (exact) mass is 274 g/mol. The molecule has 3 rings (SSSR count). The lowest BCUT2D eigenvalue weighted by molar-refractivity contribution is -0.127. The summed E-state index contributed by atoms with van der Waals surface area (Å²) in [5.74, 6) is -0.227. The van der Waals surface area contributed by atoms with E-state index in [1.165, 1.54) is 4.90 Å². The molecule has 0 spiro atoms. The molecule has 2 aliphatic heterocycles. The molecule has 5 nitrogen and oxygen atoms in total. The van der Waals surface area contributed by atoms with Crippen LogP contribution in [0, 0.1) is 0 Å². The topological polar surface area (TPSA) is 69.6 Å². The first kappa shape index (κ1) is 13.1. The molecule has 2 aliphatic rings. The first-order valence-corrected chi connectivity index (χ1v) is 7.03. The summed E-state index contributed by atoms with van der Waals surface area (Å²) in [5, 5.41) is 13.7. The van der Waals surface area contributed by atoms with Crippen molar-refractivity contribution >= 4 is 11.8 Å². The molecule has 5 heteroatoms. The second kappa shape index (κ2) is 4.90. The molecule has 2 heterocycles. The van der Waals surface area contributed by atoms with Gasteiger partial charge >= 0.3 is 0 Å². The van der Waals surface area contributed by atoms with Crippen LogP contribution in [0.3, 0.4) is 0 Å². The second-order valence-electron chi connectivity index (χ2n) is 5.41. The minimum atomic E-state index is -1.42. The molecule has 1 aromatic carbocycles. The van der Waals surface area contributed by atoms with Crippen molar-refractivity contribution in [3.05, 3.63) is 35.4 Å². The number of β-amino-alcohol motifs (C(OH)–C–C–N with tert-alkyl or cyclic N) is 1. The highest BCUT2D eigenvalue weighted by atomic mass is 16.3. The number of carbonyl (C=O) groups is 2. The Labute approximate surface area is 117 Å². The molecule has 1 aromatic rings. The van der Waals surface area contributed by atoms with Gasteiger partial charge in [0.2, 0.25) is 5.91 Å². The fourth-order valence-electron chi connectivity index (χ4n) is 3.00. The van der Waals surface area contributed by atoms with Gasteiger partial charge in [0, 0.05) is 24.1 Å². The Morgan fingerprint density at radius 1 is 1.15 bits per heavy atom. The molecule has 0 aliphatic carbocycles. The molecule has 1 fully saturated rings. The quantitative estimate of drug-likeness (QED) is 0.741. The number of amides is 2. The smallest absolute Gasteiger partial charge is 0.256 e. The molecule has 2 N–H and O–H groups in total. The van der Waals surface area contributed by atoms with E-state index < -0.39 is 5.72 Å². The lowest BCUT2D eigenvalue weighted by Gasteiger charge is -2.35. The maximum Gasteiger partial charge on any atom is 0.256 e. The summed E-state index contributed by atoms with van der Waals surface area (Å²) in [6, 6.07) is 7.07. The van der Waals surface area contributed by atoms with Crippen molar-refractivity contribution < 1.29 is 14.7 Å². The van der Waals surface area contributed by atoms with Gasteiger partial charge in [-0.3, -0.25) is 9.59 Å². The maximum absolute atomic E-state index is 12.4. The second-order valence-corrected chi connectivity index (χ2v) is 5.41. The number of hydrogen-bond acceptors (Lipinski definition) is 3. The first-order valence-electron chi connectivity index (χ1n) is 7.03. The van der Waals surface area contributed by atoms with Crippen molar-refractivity contribution in [2.24, 2.45) is 0 Å². The van der Waals surface area contributed by atoms with Gasteiger partial charge in [-0.1, -0.05) is 24.6 Å². The number of benzene rings is 1. The van der Waals surface area contributed by atoms with Crippen molar-refractivity contribution in [1.29, 1.82) is 0 Å². The van der Waals surface area contributed by atoms with Crippen molar-refractivity contribution in [3.63, 3.8) is 0 Å². The van der Waals surface area contributed by atoms with E-state index in [0.29, 0.717) is 24.1 Å². The van der Waals surface area contributed by atoms with Crippen molar-refractivity contribution in [3.8, 4) is 0 Å². The predicted octanol–water partition coefficient (Wildman–Crippen LogP) is 0.978. The van der Waals surface area contributed by atoms with Crippen LogP contribution in [-0.2, 0) is 10.5 Å². The SMILES string of the molecule is O=C1CCCCCN2C(=O)c3ccccc3C2(O)CN1. The fraction of sp³-hybridized carbons (Fsp3) is 0.467. The molecular weight excluding hydrogens is 256 g/mol. The Kier molecular flexibility index (Phi) is 3.22. The van der Waals surface area contributed by atoms with Gasteiger partial charge in [0.15, 0.2) is 5.72 Å². The lowest BCUT2D eigenvalue weighted by atomic mass is 10.0. The van der Waals surface area contributed by atoms with Crippen molar-refractivity contribution in [2.45, 2.75) is 31.4 Å². The van der Waals surface area contributed by atoms with Crippen LogP contribution < -0.4 is 5.32 Å². The lowest BCUT2D eigenvalue weighted by Crippen LogP contribution is -2.52. The Morgan fingerprint density at radius 3 is 2.80 bits per heavy atom. The summed E-state index contributed by atoms with van der Waals surface area (Å²) >= 11 is 0. The molecule has 1 saturated heterocycles. The number of aliphatic hydroxyl groups is 1. The number of carbonyl (C=O) groups excluding carboxylic acids is 2. The van der Waals surface area contributed by atoms with E-state index in [0.717, 1.165) is 19.3 Å². The molecule has 106 valence electrons. The fourth-order valence-corrected chi connectivity index (χ4v) is 3.00. The molecule has 0 aromatic heterocycles. The molecule has 1 atom stereocenters. The number of hydrogen-bond donors (Lipinski definition) is 2. The van der Waals surface area contributed by atoms with Gasteiger partial charge in [-0.05, 0) is 18.9 Å². The number of nitrogens with zero attached hydrogens (tertiary/aromatic N) is 1. The molecular formula is C15H18N2O3. The summed E-state index contributed by atoms with van der Waals surface area (Å²) in [6.07, 6.45) is 2.98. The van der Waals surface area contributed by atoms with Crippen molar-refractivity contribution in [1.82, 2.24) is 10.2 Å². The number of nitrogens with one attached hydrogen (secondary N) is 1. The van der Waals surface area contributed by atoms with Crippen LogP contribution in [-0.4, -0.2) is 34.9 Å². The summed E-state index contributed by atoms with van der Waals surface area (Å²) in [7, 11) is 0. The number of rotatable bonds is 0. The number of fused-ring (bicyclic) bond motifs is 3. The van der Waals surface area contributed by atoms with E-state index in [1.54, 1.807) is 24.3 Å². The highest BCUT2D eigenvalue weighted by Gasteiger charge is 2.48. The van der Waals surface area contributed by atoms with Gasteiger partial charge in [-0.2, -0.15) is 0 Å². The highest BCUT2D eigenvalue weighted by molar-refractivity contribution is 5.99. The zero-order valence-corrected chi connectivity index (χ0v) is 11.3. The van der Waals surface area contributed by atoms with E-state index in [2.05, 4.69) is 5.32 Å². The van der Waals surface area contributed by atoms with Crippen LogP contribution in [0.25, 0.3) is 0 Å². The Balaban J connectivity index is 2.00. The largest absolute Gasteiger partial charge is 0.365 e. The van der Waals surface area contributed by atoms with Gasteiger partial charge in [-0.25, -0.2) is 0 Å². The minimum absolute atomic E-state index is 0.0502. The average Bonchev–Trinajstić information content (AvgIpc) is 2.67. The van der Waals surface area contributed by atoms with Gasteiger partial charge in [-0.15, -0.1) is 0 Å². The van der Waals surface area contributed by atoms with Crippen LogP contribution in [0.1, 0.15) is 41.6 Å². The molecule has 20 heavy (non-hydrogen) atoms. The van der Waals surface area contributed by atoms with E-state index >= 15 is 0 Å². The van der Waals surface area contributed by atoms with E-state index in [9.17, 15) is 14.7 Å². The molecule has 2 amide bonds. The minimum Gasteiger partial charge on any atom is -0.365 e. The van der Waals surface area contributed by atoms with Crippen LogP contribution in [0.4, 0.5) is 0 Å². The zero-order valence-electron chi connectivity index (χ0n) is 11.3. The molecule has 0 saturated carbocycles. The van der Waals surface area contributed by atoms with Gasteiger partial charge in [0.05, 0.1) is 6.54 Å². The maximum atomic E-state index is 12.4. The Hall–Kier alpha value is -1.88.